The van der Waals surface area contributed by atoms with Gasteiger partial charge in [-0.25, -0.2) is 0 Å². The van der Waals surface area contributed by atoms with Crippen LogP contribution in [0.1, 0.15) is 63.0 Å². The van der Waals surface area contributed by atoms with E-state index < -0.39 is 0 Å². The van der Waals surface area contributed by atoms with Crippen LogP contribution in [0.4, 0.5) is 0 Å². The molecule has 0 heterocycles. The van der Waals surface area contributed by atoms with Crippen molar-refractivity contribution in [2.45, 2.75) is 58.3 Å². The van der Waals surface area contributed by atoms with Gasteiger partial charge in [0.05, 0.1) is 0 Å². The molecule has 1 fully saturated rings. The molecule has 3 aliphatic rings. The molecule has 1 aromatic rings. The van der Waals surface area contributed by atoms with Crippen LogP contribution in [0.25, 0.3) is 0 Å². The zero-order valence-electron chi connectivity index (χ0n) is 14.2. The van der Waals surface area contributed by atoms with Crippen molar-refractivity contribution in [1.82, 2.24) is 0 Å². The number of benzene rings is 1. The van der Waals surface area contributed by atoms with Gasteiger partial charge in [0.25, 0.3) is 0 Å². The Morgan fingerprint density at radius 3 is 3.00 bits per heavy atom. The van der Waals surface area contributed by atoms with E-state index in [9.17, 15) is 5.11 Å². The molecule has 0 unspecified atom stereocenters. The number of allylic oxidation sites excluding steroid dienone is 2. The quantitative estimate of drug-likeness (QED) is 0.653. The molecule has 4 atom stereocenters. The van der Waals surface area contributed by atoms with E-state index in [1.807, 2.05) is 12.1 Å². The summed E-state index contributed by atoms with van der Waals surface area (Å²) in [7, 11) is 0. The van der Waals surface area contributed by atoms with Gasteiger partial charge in [-0.15, -0.1) is 0 Å². The van der Waals surface area contributed by atoms with E-state index in [0.717, 1.165) is 24.7 Å². The van der Waals surface area contributed by atoms with Crippen LogP contribution in [-0.2, 0) is 6.42 Å². The Kier molecular flexibility index (Phi) is 3.52. The molecule has 0 bridgehead atoms. The molecule has 0 aliphatic heterocycles. The summed E-state index contributed by atoms with van der Waals surface area (Å²) < 4.78 is 0. The minimum Gasteiger partial charge on any atom is -0.508 e. The number of aromatic hydroxyl groups is 1. The van der Waals surface area contributed by atoms with Crippen molar-refractivity contribution in [1.29, 1.82) is 0 Å². The first kappa shape index (κ1) is 14.9. The fraction of sp³-hybridized carbons (Fsp3) is 0.545. The van der Waals surface area contributed by atoms with E-state index in [4.69, 9.17) is 0 Å². The predicted molar refractivity (Wildman–Crippen MR) is 94.3 cm³/mol. The topological polar surface area (TPSA) is 20.2 Å². The van der Waals surface area contributed by atoms with Gasteiger partial charge in [0.1, 0.15) is 5.75 Å². The van der Waals surface area contributed by atoms with Gasteiger partial charge in [-0.3, -0.25) is 0 Å². The Bertz CT molecular complexity index is 717. The minimum atomic E-state index is 0.303. The summed E-state index contributed by atoms with van der Waals surface area (Å²) in [5.74, 6) is 9.41. The zero-order chi connectivity index (χ0) is 16.0. The third kappa shape index (κ3) is 2.23. The maximum absolute atomic E-state index is 9.77. The summed E-state index contributed by atoms with van der Waals surface area (Å²) in [5.41, 5.74) is 4.61. The highest BCUT2D eigenvalue weighted by Crippen LogP contribution is 2.60. The minimum absolute atomic E-state index is 0.303. The number of hydrogen-bond acceptors (Lipinski definition) is 1. The Labute approximate surface area is 139 Å². The van der Waals surface area contributed by atoms with Gasteiger partial charge in [0.2, 0.25) is 0 Å². The number of phenols is 1. The van der Waals surface area contributed by atoms with E-state index in [0.29, 0.717) is 17.1 Å². The fourth-order valence-corrected chi connectivity index (χ4v) is 5.51. The first-order valence-corrected chi connectivity index (χ1v) is 9.15. The molecule has 0 aromatic heterocycles. The lowest BCUT2D eigenvalue weighted by Gasteiger charge is -2.49. The van der Waals surface area contributed by atoms with E-state index in [-0.39, 0.29) is 0 Å². The molecule has 1 heteroatoms. The summed E-state index contributed by atoms with van der Waals surface area (Å²) in [6, 6.07) is 6.05. The SMILES string of the molecule is CCC#CC1=CC[C@H]2[C@@H]3CCc4cc(O)ccc4[C@H]3CC[C@]12C. The summed E-state index contributed by atoms with van der Waals surface area (Å²) in [5, 5.41) is 9.77. The van der Waals surface area contributed by atoms with Crippen molar-refractivity contribution in [3.05, 3.63) is 41.0 Å². The highest BCUT2D eigenvalue weighted by molar-refractivity contribution is 5.44. The number of rotatable bonds is 0. The molecule has 0 radical (unpaired) electrons. The Morgan fingerprint density at radius 1 is 1.30 bits per heavy atom. The standard InChI is InChI=1S/C22H26O/c1-3-4-5-16-7-11-21-20-9-6-15-14-17(23)8-10-18(15)19(20)12-13-22(16,21)2/h7-8,10,14,19-21,23H,3,6,9,11-13H2,1-2H3/t19-,20-,21+,22-/m1/s1. The predicted octanol–water partition coefficient (Wildman–Crippen LogP) is 5.20. The first-order chi connectivity index (χ1) is 11.1. The van der Waals surface area contributed by atoms with E-state index in [1.165, 1.54) is 42.4 Å². The highest BCUT2D eigenvalue weighted by Gasteiger charge is 2.51. The molecule has 120 valence electrons. The average Bonchev–Trinajstić information content (AvgIpc) is 2.89. The van der Waals surface area contributed by atoms with Crippen molar-refractivity contribution in [2.24, 2.45) is 17.3 Å². The van der Waals surface area contributed by atoms with E-state index >= 15 is 0 Å². The summed E-state index contributed by atoms with van der Waals surface area (Å²) in [4.78, 5) is 0. The molecule has 1 N–H and O–H groups in total. The first-order valence-electron chi connectivity index (χ1n) is 9.15. The maximum Gasteiger partial charge on any atom is 0.115 e. The zero-order valence-corrected chi connectivity index (χ0v) is 14.2. The second-order valence-corrected chi connectivity index (χ2v) is 7.76. The van der Waals surface area contributed by atoms with Crippen LogP contribution >= 0.6 is 0 Å². The molecule has 1 aromatic carbocycles. The molecule has 0 saturated heterocycles. The number of hydrogen-bond donors (Lipinski definition) is 1. The lowest BCUT2D eigenvalue weighted by molar-refractivity contribution is 0.0781. The third-order valence-electron chi connectivity index (χ3n) is 6.69. The van der Waals surface area contributed by atoms with E-state index in [2.05, 4.69) is 37.8 Å². The van der Waals surface area contributed by atoms with Gasteiger partial charge >= 0.3 is 0 Å². The third-order valence-corrected chi connectivity index (χ3v) is 6.69. The van der Waals surface area contributed by atoms with Gasteiger partial charge in [0.15, 0.2) is 0 Å². The molecular weight excluding hydrogens is 280 g/mol. The highest BCUT2D eigenvalue weighted by atomic mass is 16.3. The second kappa shape index (κ2) is 5.45. The molecule has 3 aliphatic carbocycles. The van der Waals surface area contributed by atoms with Crippen molar-refractivity contribution in [2.75, 3.05) is 0 Å². The van der Waals surface area contributed by atoms with Crippen LogP contribution < -0.4 is 0 Å². The van der Waals surface area contributed by atoms with Crippen molar-refractivity contribution >= 4 is 0 Å². The van der Waals surface area contributed by atoms with Crippen LogP contribution in [0.3, 0.4) is 0 Å². The van der Waals surface area contributed by atoms with Crippen molar-refractivity contribution in [3.8, 4) is 17.6 Å². The van der Waals surface area contributed by atoms with Crippen LogP contribution in [0.2, 0.25) is 0 Å². The van der Waals surface area contributed by atoms with Crippen molar-refractivity contribution in [3.63, 3.8) is 0 Å². The monoisotopic (exact) mass is 306 g/mol. The molecule has 1 nitrogen and oxygen atoms in total. The van der Waals surface area contributed by atoms with Crippen LogP contribution in [0.15, 0.2) is 29.8 Å². The molecule has 1 saturated carbocycles. The van der Waals surface area contributed by atoms with Gasteiger partial charge in [-0.2, -0.15) is 0 Å². The molecule has 0 spiro atoms. The van der Waals surface area contributed by atoms with Crippen molar-refractivity contribution < 1.29 is 5.11 Å². The van der Waals surface area contributed by atoms with Crippen LogP contribution in [-0.4, -0.2) is 5.11 Å². The molecule has 0 amide bonds. The summed E-state index contributed by atoms with van der Waals surface area (Å²) >= 11 is 0. The summed E-state index contributed by atoms with van der Waals surface area (Å²) in [6.07, 6.45) is 9.49. The Balaban J connectivity index is 1.66. The fourth-order valence-electron chi connectivity index (χ4n) is 5.51. The summed E-state index contributed by atoms with van der Waals surface area (Å²) in [6.45, 7) is 4.59. The average molecular weight is 306 g/mol. The molecular formula is C22H26O. The van der Waals surface area contributed by atoms with Gasteiger partial charge in [0, 0.05) is 17.4 Å². The van der Waals surface area contributed by atoms with Crippen LogP contribution in [0, 0.1) is 29.1 Å². The number of fused-ring (bicyclic) bond motifs is 5. The number of aryl methyl sites for hydroxylation is 1. The molecule has 4 rings (SSSR count). The largest absolute Gasteiger partial charge is 0.508 e. The normalized spacial score (nSPS) is 34.5. The lowest BCUT2D eigenvalue weighted by Crippen LogP contribution is -2.41. The second-order valence-electron chi connectivity index (χ2n) is 7.76. The number of phenolic OH excluding ortho intramolecular Hbond substituents is 1. The Hall–Kier alpha value is -1.68. The van der Waals surface area contributed by atoms with Crippen LogP contribution in [0.5, 0.6) is 5.75 Å². The maximum atomic E-state index is 9.77. The van der Waals surface area contributed by atoms with Gasteiger partial charge < -0.3 is 5.11 Å². The lowest BCUT2D eigenvalue weighted by atomic mass is 9.54. The smallest absolute Gasteiger partial charge is 0.115 e. The van der Waals surface area contributed by atoms with E-state index in [1.54, 1.807) is 0 Å². The van der Waals surface area contributed by atoms with Gasteiger partial charge in [-0.05, 0) is 73.1 Å². The van der Waals surface area contributed by atoms with Gasteiger partial charge in [-0.1, -0.05) is 37.8 Å². The Morgan fingerprint density at radius 2 is 2.17 bits per heavy atom. The molecule has 23 heavy (non-hydrogen) atoms.